The van der Waals surface area contributed by atoms with E-state index in [2.05, 4.69) is 15.3 Å². The summed E-state index contributed by atoms with van der Waals surface area (Å²) in [6, 6.07) is 9.30. The summed E-state index contributed by atoms with van der Waals surface area (Å²) in [5.74, 6) is 1.00. The second-order valence-electron chi connectivity index (χ2n) is 7.31. The molecule has 0 radical (unpaired) electrons. The molecule has 1 atom stereocenters. The zero-order valence-electron chi connectivity index (χ0n) is 15.9. The van der Waals surface area contributed by atoms with Crippen molar-refractivity contribution < 1.29 is 14.3 Å². The number of aromatic nitrogens is 2. The number of carbonyl (C=O) groups is 2. The van der Waals surface area contributed by atoms with Gasteiger partial charge >= 0.3 is 0 Å². The van der Waals surface area contributed by atoms with Gasteiger partial charge in [0.05, 0.1) is 17.3 Å². The van der Waals surface area contributed by atoms with E-state index in [-0.39, 0.29) is 30.5 Å². The van der Waals surface area contributed by atoms with Gasteiger partial charge < -0.3 is 15.0 Å². The molecule has 1 aliphatic carbocycles. The quantitative estimate of drug-likeness (QED) is 0.832. The van der Waals surface area contributed by atoms with Gasteiger partial charge in [0, 0.05) is 18.8 Å². The molecule has 7 heteroatoms. The Morgan fingerprint density at radius 3 is 2.75 bits per heavy atom. The molecular formula is C21H24N4O3. The van der Waals surface area contributed by atoms with E-state index in [0.717, 1.165) is 25.7 Å². The molecule has 1 aromatic heterocycles. The van der Waals surface area contributed by atoms with Crippen LogP contribution in [0.15, 0.2) is 36.5 Å². The second kappa shape index (κ2) is 7.96. The lowest BCUT2D eigenvalue weighted by Crippen LogP contribution is -2.36. The van der Waals surface area contributed by atoms with Gasteiger partial charge in [-0.15, -0.1) is 0 Å². The molecule has 1 aliphatic heterocycles. The minimum Gasteiger partial charge on any atom is -0.484 e. The standard InChI is InChI=1S/C21H24N4O3/c1-14-22-12-17(21(27)24-15-9-10-15)20(23-14)18-8-5-11-25(18)19(26)13-28-16-6-3-2-4-7-16/h2-4,6-7,12,15,18H,5,8-11,13H2,1H3,(H,24,27)/t18-/m1/s1. The van der Waals surface area contributed by atoms with Crippen molar-refractivity contribution in [2.24, 2.45) is 0 Å². The molecule has 1 saturated heterocycles. The summed E-state index contributed by atoms with van der Waals surface area (Å²) >= 11 is 0. The molecule has 0 unspecified atom stereocenters. The van der Waals surface area contributed by atoms with Gasteiger partial charge in [-0.3, -0.25) is 9.59 Å². The Kier molecular flexibility index (Phi) is 5.23. The predicted molar refractivity (Wildman–Crippen MR) is 103 cm³/mol. The number of nitrogens with one attached hydrogen (secondary N) is 1. The molecule has 0 bridgehead atoms. The van der Waals surface area contributed by atoms with Crippen LogP contribution < -0.4 is 10.1 Å². The molecule has 2 amide bonds. The maximum Gasteiger partial charge on any atom is 0.261 e. The normalized spacial score (nSPS) is 18.8. The first-order valence-electron chi connectivity index (χ1n) is 9.73. The molecule has 0 spiro atoms. The Balaban J connectivity index is 1.51. The Hall–Kier alpha value is -2.96. The number of hydrogen-bond acceptors (Lipinski definition) is 5. The van der Waals surface area contributed by atoms with E-state index in [9.17, 15) is 9.59 Å². The van der Waals surface area contributed by atoms with E-state index >= 15 is 0 Å². The summed E-state index contributed by atoms with van der Waals surface area (Å²) in [6.07, 6.45) is 5.25. The molecule has 7 nitrogen and oxygen atoms in total. The number of rotatable bonds is 6. The fourth-order valence-corrected chi connectivity index (χ4v) is 3.50. The number of likely N-dealkylation sites (tertiary alicyclic amines) is 1. The predicted octanol–water partition coefficient (Wildman–Crippen LogP) is 2.42. The Morgan fingerprint density at radius 1 is 1.21 bits per heavy atom. The van der Waals surface area contributed by atoms with Crippen molar-refractivity contribution in [2.45, 2.75) is 44.7 Å². The highest BCUT2D eigenvalue weighted by atomic mass is 16.5. The van der Waals surface area contributed by atoms with Crippen molar-refractivity contribution in [1.82, 2.24) is 20.2 Å². The molecule has 146 valence electrons. The first kappa shape index (κ1) is 18.4. The lowest BCUT2D eigenvalue weighted by Gasteiger charge is -2.26. The van der Waals surface area contributed by atoms with Crippen LogP contribution in [0.1, 0.15) is 53.6 Å². The van der Waals surface area contributed by atoms with E-state index in [1.165, 1.54) is 0 Å². The Bertz CT molecular complexity index is 867. The molecule has 2 heterocycles. The summed E-state index contributed by atoms with van der Waals surface area (Å²) < 4.78 is 5.62. The van der Waals surface area contributed by atoms with Crippen molar-refractivity contribution in [3.8, 4) is 5.75 Å². The van der Waals surface area contributed by atoms with Gasteiger partial charge in [-0.1, -0.05) is 18.2 Å². The van der Waals surface area contributed by atoms with Crippen LogP contribution in [0, 0.1) is 6.92 Å². The Morgan fingerprint density at radius 2 is 2.00 bits per heavy atom. The number of carbonyl (C=O) groups excluding carboxylic acids is 2. The highest BCUT2D eigenvalue weighted by molar-refractivity contribution is 5.95. The van der Waals surface area contributed by atoms with Crippen molar-refractivity contribution in [3.63, 3.8) is 0 Å². The summed E-state index contributed by atoms with van der Waals surface area (Å²) in [5.41, 5.74) is 1.10. The van der Waals surface area contributed by atoms with Crippen LogP contribution in [0.25, 0.3) is 0 Å². The summed E-state index contributed by atoms with van der Waals surface area (Å²) in [4.78, 5) is 36.0. The van der Waals surface area contributed by atoms with Gasteiger partial charge in [-0.25, -0.2) is 9.97 Å². The number of nitrogens with zero attached hydrogens (tertiary/aromatic N) is 3. The lowest BCUT2D eigenvalue weighted by atomic mass is 10.1. The summed E-state index contributed by atoms with van der Waals surface area (Å²) in [5, 5.41) is 3.00. The first-order chi connectivity index (χ1) is 13.6. The van der Waals surface area contributed by atoms with E-state index in [0.29, 0.717) is 29.4 Å². The molecule has 2 fully saturated rings. The summed E-state index contributed by atoms with van der Waals surface area (Å²) in [7, 11) is 0. The van der Waals surface area contributed by atoms with Gasteiger partial charge in [-0.05, 0) is 44.7 Å². The first-order valence-corrected chi connectivity index (χ1v) is 9.73. The van der Waals surface area contributed by atoms with Crippen LogP contribution in [-0.4, -0.2) is 45.9 Å². The molecule has 2 aromatic rings. The average molecular weight is 380 g/mol. The van der Waals surface area contributed by atoms with Gasteiger partial charge in [0.15, 0.2) is 6.61 Å². The number of hydrogen-bond donors (Lipinski definition) is 1. The SMILES string of the molecule is Cc1ncc(C(=O)NC2CC2)c([C@H]2CCCN2C(=O)COc2ccccc2)n1. The smallest absolute Gasteiger partial charge is 0.261 e. The fourth-order valence-electron chi connectivity index (χ4n) is 3.50. The van der Waals surface area contributed by atoms with E-state index < -0.39 is 0 Å². The Labute approximate surface area is 164 Å². The molecule has 1 N–H and O–H groups in total. The highest BCUT2D eigenvalue weighted by Crippen LogP contribution is 2.33. The van der Waals surface area contributed by atoms with Crippen LogP contribution in [0.2, 0.25) is 0 Å². The third-order valence-electron chi connectivity index (χ3n) is 5.09. The number of para-hydroxylation sites is 1. The molecular weight excluding hydrogens is 356 g/mol. The third kappa shape index (κ3) is 4.13. The van der Waals surface area contributed by atoms with E-state index in [1.807, 2.05) is 30.3 Å². The monoisotopic (exact) mass is 380 g/mol. The molecule has 2 aliphatic rings. The maximum absolute atomic E-state index is 12.8. The molecule has 4 rings (SSSR count). The third-order valence-corrected chi connectivity index (χ3v) is 5.09. The molecule has 1 aromatic carbocycles. The molecule has 1 saturated carbocycles. The zero-order chi connectivity index (χ0) is 19.5. The average Bonchev–Trinajstić information content (AvgIpc) is 3.38. The van der Waals surface area contributed by atoms with Crippen LogP contribution >= 0.6 is 0 Å². The zero-order valence-corrected chi connectivity index (χ0v) is 15.9. The number of amides is 2. The molecule has 28 heavy (non-hydrogen) atoms. The van der Waals surface area contributed by atoms with Crippen LogP contribution in [0.5, 0.6) is 5.75 Å². The number of benzene rings is 1. The van der Waals surface area contributed by atoms with Gasteiger partial charge in [0.25, 0.3) is 11.8 Å². The fraction of sp³-hybridized carbons (Fsp3) is 0.429. The highest BCUT2D eigenvalue weighted by Gasteiger charge is 2.35. The van der Waals surface area contributed by atoms with Crippen LogP contribution in [0.3, 0.4) is 0 Å². The summed E-state index contributed by atoms with van der Waals surface area (Å²) in [6.45, 7) is 2.40. The van der Waals surface area contributed by atoms with Crippen molar-refractivity contribution >= 4 is 11.8 Å². The van der Waals surface area contributed by atoms with Crippen molar-refractivity contribution in [1.29, 1.82) is 0 Å². The maximum atomic E-state index is 12.8. The van der Waals surface area contributed by atoms with Crippen molar-refractivity contribution in [2.75, 3.05) is 13.2 Å². The number of ether oxygens (including phenoxy) is 1. The second-order valence-corrected chi connectivity index (χ2v) is 7.31. The van der Waals surface area contributed by atoms with Crippen LogP contribution in [0.4, 0.5) is 0 Å². The minimum absolute atomic E-state index is 0.0335. The van der Waals surface area contributed by atoms with E-state index in [1.54, 1.807) is 18.0 Å². The minimum atomic E-state index is -0.228. The van der Waals surface area contributed by atoms with Gasteiger partial charge in [0.1, 0.15) is 11.6 Å². The van der Waals surface area contributed by atoms with Gasteiger partial charge in [0.2, 0.25) is 0 Å². The van der Waals surface area contributed by atoms with E-state index in [4.69, 9.17) is 4.74 Å². The van der Waals surface area contributed by atoms with Crippen LogP contribution in [-0.2, 0) is 4.79 Å². The lowest BCUT2D eigenvalue weighted by molar-refractivity contribution is -0.134. The van der Waals surface area contributed by atoms with Crippen molar-refractivity contribution in [3.05, 3.63) is 53.6 Å². The number of aryl methyl sites for hydroxylation is 1. The van der Waals surface area contributed by atoms with Gasteiger partial charge in [-0.2, -0.15) is 0 Å². The topological polar surface area (TPSA) is 84.4 Å². The largest absolute Gasteiger partial charge is 0.484 e.